The Hall–Kier alpha value is -0.940. The number of thiazole rings is 1. The van der Waals surface area contributed by atoms with Gasteiger partial charge in [-0.25, -0.2) is 4.98 Å². The molecule has 2 heterocycles. The molecule has 0 spiro atoms. The molecular weight excluding hydrogens is 234 g/mol. The summed E-state index contributed by atoms with van der Waals surface area (Å²) in [6.07, 6.45) is 3.71. The largest absolute Gasteiger partial charge is 0.338 e. The van der Waals surface area contributed by atoms with E-state index < -0.39 is 0 Å². The third-order valence-corrected chi connectivity index (χ3v) is 4.30. The Morgan fingerprint density at radius 2 is 2.24 bits per heavy atom. The topological polar surface area (TPSA) is 59.2 Å². The number of carbonyl (C=O) groups is 1. The number of amides is 1. The zero-order chi connectivity index (χ0) is 12.4. The molecule has 0 bridgehead atoms. The lowest BCUT2D eigenvalue weighted by Gasteiger charge is -2.33. The van der Waals surface area contributed by atoms with Crippen LogP contribution in [-0.2, 0) is 0 Å². The zero-order valence-corrected chi connectivity index (χ0v) is 11.2. The second-order valence-electron chi connectivity index (χ2n) is 4.73. The van der Waals surface area contributed by atoms with Crippen molar-refractivity contribution < 1.29 is 4.79 Å². The van der Waals surface area contributed by atoms with Crippen LogP contribution in [0.15, 0.2) is 6.20 Å². The number of piperidine rings is 1. The minimum absolute atomic E-state index is 0.124. The molecule has 1 unspecified atom stereocenters. The standard InChI is InChI=1S/C12H19N3OS/c1-8(13)10-3-5-15(6-4-10)12(16)11-7-14-9(2)17-11/h7-8,10H,3-6,13H2,1-2H3. The molecule has 1 aliphatic rings. The number of nitrogens with two attached hydrogens (primary N) is 1. The average Bonchev–Trinajstić information content (AvgIpc) is 2.75. The van der Waals surface area contributed by atoms with Gasteiger partial charge in [0.1, 0.15) is 4.88 Å². The first-order valence-corrected chi connectivity index (χ1v) is 6.87. The summed E-state index contributed by atoms with van der Waals surface area (Å²) in [5.41, 5.74) is 5.89. The molecule has 0 aliphatic carbocycles. The molecule has 2 N–H and O–H groups in total. The smallest absolute Gasteiger partial charge is 0.265 e. The monoisotopic (exact) mass is 253 g/mol. The van der Waals surface area contributed by atoms with Crippen molar-refractivity contribution in [3.63, 3.8) is 0 Å². The summed E-state index contributed by atoms with van der Waals surface area (Å²) in [5.74, 6) is 0.681. The van der Waals surface area contributed by atoms with Crippen molar-refractivity contribution >= 4 is 17.2 Å². The van der Waals surface area contributed by atoms with Gasteiger partial charge in [0.25, 0.3) is 5.91 Å². The van der Waals surface area contributed by atoms with E-state index in [1.54, 1.807) is 6.20 Å². The van der Waals surface area contributed by atoms with Crippen LogP contribution in [0.1, 0.15) is 34.4 Å². The van der Waals surface area contributed by atoms with Gasteiger partial charge in [-0.1, -0.05) is 0 Å². The molecule has 5 heteroatoms. The van der Waals surface area contributed by atoms with Crippen LogP contribution in [0.25, 0.3) is 0 Å². The molecule has 4 nitrogen and oxygen atoms in total. The van der Waals surface area contributed by atoms with E-state index in [-0.39, 0.29) is 11.9 Å². The molecule has 1 saturated heterocycles. The molecular formula is C12H19N3OS. The lowest BCUT2D eigenvalue weighted by atomic mass is 9.91. The molecule has 0 aromatic carbocycles. The van der Waals surface area contributed by atoms with Crippen LogP contribution in [0.4, 0.5) is 0 Å². The van der Waals surface area contributed by atoms with Gasteiger partial charge < -0.3 is 10.6 Å². The van der Waals surface area contributed by atoms with Gasteiger partial charge in [0.15, 0.2) is 0 Å². The van der Waals surface area contributed by atoms with Gasteiger partial charge in [-0.2, -0.15) is 0 Å². The van der Waals surface area contributed by atoms with E-state index in [0.717, 1.165) is 35.8 Å². The summed E-state index contributed by atoms with van der Waals surface area (Å²) < 4.78 is 0. The van der Waals surface area contributed by atoms with Crippen LogP contribution in [0.2, 0.25) is 0 Å². The number of carbonyl (C=O) groups excluding carboxylic acids is 1. The highest BCUT2D eigenvalue weighted by molar-refractivity contribution is 7.13. The van der Waals surface area contributed by atoms with Crippen LogP contribution >= 0.6 is 11.3 Å². The fourth-order valence-electron chi connectivity index (χ4n) is 2.24. The molecule has 1 fully saturated rings. The Morgan fingerprint density at radius 3 is 2.71 bits per heavy atom. The van der Waals surface area contributed by atoms with E-state index in [4.69, 9.17) is 5.73 Å². The molecule has 1 aromatic rings. The summed E-state index contributed by atoms with van der Waals surface area (Å²) in [4.78, 5) is 19.0. The molecule has 1 aromatic heterocycles. The predicted octanol–water partition coefficient (Wildman–Crippen LogP) is 1.65. The van der Waals surface area contributed by atoms with E-state index in [1.165, 1.54) is 11.3 Å². The van der Waals surface area contributed by atoms with Crippen molar-refractivity contribution in [3.05, 3.63) is 16.1 Å². The Bertz CT molecular complexity index is 394. The highest BCUT2D eigenvalue weighted by Gasteiger charge is 2.26. The number of aromatic nitrogens is 1. The van der Waals surface area contributed by atoms with E-state index >= 15 is 0 Å². The van der Waals surface area contributed by atoms with Crippen LogP contribution in [0.5, 0.6) is 0 Å². The fourth-order valence-corrected chi connectivity index (χ4v) is 2.99. The minimum atomic E-state index is 0.124. The number of likely N-dealkylation sites (tertiary alicyclic amines) is 1. The van der Waals surface area contributed by atoms with Gasteiger partial charge in [-0.3, -0.25) is 4.79 Å². The third-order valence-electron chi connectivity index (χ3n) is 3.40. The van der Waals surface area contributed by atoms with Crippen molar-refractivity contribution in [2.45, 2.75) is 32.7 Å². The second kappa shape index (κ2) is 5.14. The van der Waals surface area contributed by atoms with Crippen LogP contribution in [-0.4, -0.2) is 34.9 Å². The molecule has 1 atom stereocenters. The maximum atomic E-state index is 12.2. The number of aryl methyl sites for hydroxylation is 1. The van der Waals surface area contributed by atoms with Crippen molar-refractivity contribution in [2.24, 2.45) is 11.7 Å². The SMILES string of the molecule is Cc1ncc(C(=O)N2CCC(C(C)N)CC2)s1. The number of nitrogens with zero attached hydrogens (tertiary/aromatic N) is 2. The molecule has 1 amide bonds. The third kappa shape index (κ3) is 2.84. The fraction of sp³-hybridized carbons (Fsp3) is 0.667. The van der Waals surface area contributed by atoms with Gasteiger partial charge in [-0.05, 0) is 32.6 Å². The summed E-state index contributed by atoms with van der Waals surface area (Å²) in [5, 5.41) is 0.943. The maximum absolute atomic E-state index is 12.2. The first-order chi connectivity index (χ1) is 8.08. The average molecular weight is 253 g/mol. The number of hydrogen-bond acceptors (Lipinski definition) is 4. The van der Waals surface area contributed by atoms with Crippen LogP contribution in [0.3, 0.4) is 0 Å². The highest BCUT2D eigenvalue weighted by Crippen LogP contribution is 2.22. The quantitative estimate of drug-likeness (QED) is 0.872. The van der Waals surface area contributed by atoms with E-state index in [1.807, 2.05) is 11.8 Å². The molecule has 94 valence electrons. The first-order valence-electron chi connectivity index (χ1n) is 6.05. The number of hydrogen-bond donors (Lipinski definition) is 1. The van der Waals surface area contributed by atoms with Gasteiger partial charge >= 0.3 is 0 Å². The molecule has 0 radical (unpaired) electrons. The van der Waals surface area contributed by atoms with E-state index in [0.29, 0.717) is 5.92 Å². The lowest BCUT2D eigenvalue weighted by Crippen LogP contribution is -2.42. The summed E-state index contributed by atoms with van der Waals surface area (Å²) in [7, 11) is 0. The normalized spacial score (nSPS) is 19.4. The number of rotatable bonds is 2. The maximum Gasteiger partial charge on any atom is 0.265 e. The van der Waals surface area contributed by atoms with Gasteiger partial charge in [-0.15, -0.1) is 11.3 Å². The zero-order valence-electron chi connectivity index (χ0n) is 10.3. The van der Waals surface area contributed by atoms with Crippen molar-refractivity contribution in [3.8, 4) is 0 Å². The Kier molecular flexibility index (Phi) is 3.79. The van der Waals surface area contributed by atoms with Gasteiger partial charge in [0, 0.05) is 19.1 Å². The predicted molar refractivity (Wildman–Crippen MR) is 69.1 cm³/mol. The minimum Gasteiger partial charge on any atom is -0.338 e. The molecule has 17 heavy (non-hydrogen) atoms. The van der Waals surface area contributed by atoms with E-state index in [9.17, 15) is 4.79 Å². The summed E-state index contributed by atoms with van der Waals surface area (Å²) in [6, 6.07) is 0.234. The first kappa shape index (κ1) is 12.5. The summed E-state index contributed by atoms with van der Waals surface area (Å²) >= 11 is 1.47. The lowest BCUT2D eigenvalue weighted by molar-refractivity contribution is 0.0685. The second-order valence-corrected chi connectivity index (χ2v) is 5.97. The molecule has 0 saturated carbocycles. The molecule has 2 rings (SSSR count). The Labute approximate surface area is 106 Å². The highest BCUT2D eigenvalue weighted by atomic mass is 32.1. The summed E-state index contributed by atoms with van der Waals surface area (Å²) in [6.45, 7) is 5.61. The van der Waals surface area contributed by atoms with Crippen molar-refractivity contribution in [1.29, 1.82) is 0 Å². The Balaban J connectivity index is 1.95. The van der Waals surface area contributed by atoms with Gasteiger partial charge in [0.2, 0.25) is 0 Å². The Morgan fingerprint density at radius 1 is 1.59 bits per heavy atom. The van der Waals surface area contributed by atoms with Crippen LogP contribution < -0.4 is 5.73 Å². The van der Waals surface area contributed by atoms with Gasteiger partial charge in [0.05, 0.1) is 11.2 Å². The van der Waals surface area contributed by atoms with Crippen molar-refractivity contribution in [2.75, 3.05) is 13.1 Å². The van der Waals surface area contributed by atoms with Crippen molar-refractivity contribution in [1.82, 2.24) is 9.88 Å². The van der Waals surface area contributed by atoms with E-state index in [2.05, 4.69) is 11.9 Å². The van der Waals surface area contributed by atoms with Crippen LogP contribution in [0, 0.1) is 12.8 Å². The molecule has 1 aliphatic heterocycles.